The molecule has 0 amide bonds. The number of ether oxygens (including phenoxy) is 3. The molecule has 7 rings (SSSR count). The SMILES string of the molecule is COc1cc(C2C(C#N)=C(N)N(c3sc4c(c3C#N)C3CCN4CC3)C3=C2C(=O)CCC3)cc(OC)c1OC. The van der Waals surface area contributed by atoms with Gasteiger partial charge in [0, 0.05) is 36.3 Å². The van der Waals surface area contributed by atoms with Gasteiger partial charge in [-0.05, 0) is 49.3 Å². The Morgan fingerprint density at radius 3 is 2.28 bits per heavy atom. The van der Waals surface area contributed by atoms with Crippen molar-refractivity contribution in [3.63, 3.8) is 0 Å². The van der Waals surface area contributed by atoms with E-state index in [9.17, 15) is 15.3 Å². The van der Waals surface area contributed by atoms with Crippen molar-refractivity contribution < 1.29 is 19.0 Å². The molecular weight excluding hydrogens is 514 g/mol. The Hall–Kier alpha value is -4.15. The minimum Gasteiger partial charge on any atom is -0.493 e. The average Bonchev–Trinajstić information content (AvgIpc) is 3.37. The van der Waals surface area contributed by atoms with Gasteiger partial charge in [0.15, 0.2) is 17.3 Å². The molecule has 0 saturated carbocycles. The third kappa shape index (κ3) is 3.59. The first kappa shape index (κ1) is 25.1. The van der Waals surface area contributed by atoms with Crippen LogP contribution in [0, 0.1) is 22.7 Å². The quantitative estimate of drug-likeness (QED) is 0.574. The van der Waals surface area contributed by atoms with Gasteiger partial charge in [-0.15, -0.1) is 0 Å². The normalized spacial score (nSPS) is 20.4. The predicted octanol–water partition coefficient (Wildman–Crippen LogP) is 4.65. The van der Waals surface area contributed by atoms with E-state index in [-0.39, 0.29) is 17.2 Å². The van der Waals surface area contributed by atoms with E-state index in [1.165, 1.54) is 21.3 Å². The van der Waals surface area contributed by atoms with Crippen LogP contribution in [0.3, 0.4) is 0 Å². The van der Waals surface area contributed by atoms with Gasteiger partial charge in [-0.3, -0.25) is 9.69 Å². The number of carbonyl (C=O) groups excluding carboxylic acids is 1. The van der Waals surface area contributed by atoms with Crippen LogP contribution in [0.4, 0.5) is 10.0 Å². The van der Waals surface area contributed by atoms with Crippen molar-refractivity contribution in [3.8, 4) is 29.4 Å². The van der Waals surface area contributed by atoms with E-state index in [1.807, 2.05) is 4.90 Å². The summed E-state index contributed by atoms with van der Waals surface area (Å²) < 4.78 is 16.6. The predicted molar refractivity (Wildman–Crippen MR) is 147 cm³/mol. The van der Waals surface area contributed by atoms with Crippen molar-refractivity contribution in [2.24, 2.45) is 5.73 Å². The molecular formula is C29H29N5O4S. The molecule has 200 valence electrons. The Labute approximate surface area is 231 Å². The number of hydrogen-bond acceptors (Lipinski definition) is 10. The van der Waals surface area contributed by atoms with E-state index in [1.54, 1.807) is 23.5 Å². The number of nitrogens with two attached hydrogens (primary N) is 1. The Morgan fingerprint density at radius 2 is 1.69 bits per heavy atom. The number of piperidine rings is 1. The third-order valence-electron chi connectivity index (χ3n) is 8.35. The summed E-state index contributed by atoms with van der Waals surface area (Å²) in [5.74, 6) is 1.17. The maximum absolute atomic E-state index is 13.6. The first-order valence-corrected chi connectivity index (χ1v) is 13.9. The van der Waals surface area contributed by atoms with Crippen molar-refractivity contribution in [3.05, 3.63) is 51.5 Å². The van der Waals surface area contributed by atoms with Crippen molar-refractivity contribution in [2.45, 2.75) is 43.9 Å². The van der Waals surface area contributed by atoms with Crippen molar-refractivity contribution in [1.29, 1.82) is 10.5 Å². The summed E-state index contributed by atoms with van der Waals surface area (Å²) in [5, 5.41) is 22.6. The smallest absolute Gasteiger partial charge is 0.203 e. The summed E-state index contributed by atoms with van der Waals surface area (Å²) >= 11 is 1.55. The Kier molecular flexibility index (Phi) is 6.16. The van der Waals surface area contributed by atoms with Crippen LogP contribution in [0.25, 0.3) is 0 Å². The molecule has 1 aromatic heterocycles. The van der Waals surface area contributed by atoms with E-state index in [0.29, 0.717) is 64.1 Å². The molecule has 2 aromatic rings. The van der Waals surface area contributed by atoms with Gasteiger partial charge in [-0.2, -0.15) is 10.5 Å². The average molecular weight is 544 g/mol. The molecule has 4 aliphatic heterocycles. The first-order chi connectivity index (χ1) is 19.0. The number of nitrogens with zero attached hydrogens (tertiary/aromatic N) is 4. The van der Waals surface area contributed by atoms with Crippen LogP contribution in [0.5, 0.6) is 17.2 Å². The molecule has 1 fully saturated rings. The van der Waals surface area contributed by atoms with E-state index in [2.05, 4.69) is 17.0 Å². The number of carbonyl (C=O) groups is 1. The van der Waals surface area contributed by atoms with Gasteiger partial charge in [-0.25, -0.2) is 0 Å². The van der Waals surface area contributed by atoms with Gasteiger partial charge < -0.3 is 24.8 Å². The fourth-order valence-electron chi connectivity index (χ4n) is 6.59. The minimum absolute atomic E-state index is 0.0242. The highest BCUT2D eigenvalue weighted by atomic mass is 32.1. The highest BCUT2D eigenvalue weighted by Crippen LogP contribution is 2.56. The number of anilines is 2. The number of rotatable bonds is 5. The van der Waals surface area contributed by atoms with Gasteiger partial charge in [0.05, 0.1) is 49.5 Å². The molecule has 0 radical (unpaired) electrons. The van der Waals surface area contributed by atoms with E-state index in [4.69, 9.17) is 19.9 Å². The minimum atomic E-state index is -0.692. The lowest BCUT2D eigenvalue weighted by atomic mass is 9.75. The topological polar surface area (TPSA) is 125 Å². The maximum Gasteiger partial charge on any atom is 0.203 e. The number of nitriles is 2. The lowest BCUT2D eigenvalue weighted by molar-refractivity contribution is -0.116. The van der Waals surface area contributed by atoms with Crippen molar-refractivity contribution in [2.75, 3.05) is 44.2 Å². The molecule has 10 heteroatoms. The highest BCUT2D eigenvalue weighted by molar-refractivity contribution is 7.20. The third-order valence-corrected chi connectivity index (χ3v) is 9.60. The van der Waals surface area contributed by atoms with Gasteiger partial charge in [0.1, 0.15) is 16.9 Å². The van der Waals surface area contributed by atoms with Crippen LogP contribution in [0.2, 0.25) is 0 Å². The molecule has 0 spiro atoms. The van der Waals surface area contributed by atoms with Crippen LogP contribution in [0.15, 0.2) is 34.8 Å². The summed E-state index contributed by atoms with van der Waals surface area (Å²) in [6, 6.07) is 8.32. The second-order valence-corrected chi connectivity index (χ2v) is 11.1. The van der Waals surface area contributed by atoms with Crippen LogP contribution in [-0.4, -0.2) is 40.2 Å². The number of thiophene rings is 1. The summed E-state index contributed by atoms with van der Waals surface area (Å²) in [6.07, 6.45) is 3.73. The maximum atomic E-state index is 13.6. The van der Waals surface area contributed by atoms with E-state index >= 15 is 0 Å². The van der Waals surface area contributed by atoms with Gasteiger partial charge >= 0.3 is 0 Å². The number of hydrogen-bond donors (Lipinski definition) is 1. The summed E-state index contributed by atoms with van der Waals surface area (Å²) in [6.45, 7) is 1.96. The zero-order valence-electron chi connectivity index (χ0n) is 22.2. The van der Waals surface area contributed by atoms with Crippen LogP contribution in [-0.2, 0) is 4.79 Å². The molecule has 1 atom stereocenters. The molecule has 2 N–H and O–H groups in total. The fourth-order valence-corrected chi connectivity index (χ4v) is 8.02. The molecule has 1 unspecified atom stereocenters. The molecule has 5 aliphatic rings. The van der Waals surface area contributed by atoms with E-state index < -0.39 is 5.92 Å². The summed E-state index contributed by atoms with van der Waals surface area (Å²) in [4.78, 5) is 17.8. The molecule has 1 aromatic carbocycles. The monoisotopic (exact) mass is 543 g/mol. The molecule has 2 bridgehead atoms. The van der Waals surface area contributed by atoms with E-state index in [0.717, 1.165) is 42.2 Å². The van der Waals surface area contributed by atoms with Crippen molar-refractivity contribution >= 4 is 27.1 Å². The number of ketones is 1. The van der Waals surface area contributed by atoms with Gasteiger partial charge in [0.2, 0.25) is 5.75 Å². The molecule has 9 nitrogen and oxygen atoms in total. The number of Topliss-reactive ketones (excluding diaryl/α,β-unsaturated/α-hetero) is 1. The largest absolute Gasteiger partial charge is 0.493 e. The Balaban J connectivity index is 1.59. The first-order valence-electron chi connectivity index (χ1n) is 13.0. The zero-order valence-corrected chi connectivity index (χ0v) is 23.0. The second kappa shape index (κ2) is 9.55. The molecule has 5 heterocycles. The molecule has 1 saturated heterocycles. The van der Waals surface area contributed by atoms with Crippen LogP contribution in [0.1, 0.15) is 60.6 Å². The highest BCUT2D eigenvalue weighted by Gasteiger charge is 2.44. The fraction of sp³-hybridized carbons (Fsp3) is 0.414. The van der Waals surface area contributed by atoms with Crippen molar-refractivity contribution in [1.82, 2.24) is 0 Å². The number of benzene rings is 1. The van der Waals surface area contributed by atoms with Crippen LogP contribution < -0.4 is 29.7 Å². The zero-order chi connectivity index (χ0) is 27.4. The number of allylic oxidation sites excluding steroid dienone is 3. The molecule has 1 aliphatic carbocycles. The number of fused-ring (bicyclic) bond motifs is 2. The van der Waals surface area contributed by atoms with Gasteiger partial charge in [-0.1, -0.05) is 11.3 Å². The lowest BCUT2D eigenvalue weighted by Crippen LogP contribution is -2.38. The Bertz CT molecular complexity index is 1510. The standard InChI is InChI=1S/C29H29N5O4S/c1-36-21-11-16(12-22(37-2)26(21)38-3)23-17(13-30)27(32)34(19-5-4-6-20(35)25(19)23)28-18(14-31)24-15-7-9-33(10-8-15)29(24)39-28/h11-12,15,23H,4-10,32H2,1-3H3. The Morgan fingerprint density at radius 1 is 1.00 bits per heavy atom. The molecule has 39 heavy (non-hydrogen) atoms. The lowest BCUT2D eigenvalue weighted by Gasteiger charge is -2.39. The second-order valence-electron chi connectivity index (χ2n) is 10.1. The summed E-state index contributed by atoms with van der Waals surface area (Å²) in [5.41, 5.74) is 10.8. The van der Waals surface area contributed by atoms with Gasteiger partial charge in [0.25, 0.3) is 0 Å². The van der Waals surface area contributed by atoms with Crippen LogP contribution >= 0.6 is 11.3 Å². The summed E-state index contributed by atoms with van der Waals surface area (Å²) in [7, 11) is 4.58. The number of methoxy groups -OCH3 is 3.